The summed E-state index contributed by atoms with van der Waals surface area (Å²) >= 11 is 0. The van der Waals surface area contributed by atoms with Crippen LogP contribution in [0.15, 0.2) is 24.3 Å². The van der Waals surface area contributed by atoms with Crippen molar-refractivity contribution in [1.82, 2.24) is 9.80 Å². The summed E-state index contributed by atoms with van der Waals surface area (Å²) in [5.74, 6) is 0.288. The van der Waals surface area contributed by atoms with E-state index in [2.05, 4.69) is 11.8 Å². The van der Waals surface area contributed by atoms with Crippen LogP contribution in [0, 0.1) is 0 Å². The highest BCUT2D eigenvalue weighted by Crippen LogP contribution is 2.49. The van der Waals surface area contributed by atoms with Crippen molar-refractivity contribution >= 4 is 11.6 Å². The monoisotopic (exact) mass is 289 g/mol. The van der Waals surface area contributed by atoms with Crippen molar-refractivity contribution in [3.05, 3.63) is 29.8 Å². The molecule has 1 aromatic carbocycles. The Morgan fingerprint density at radius 1 is 1.14 bits per heavy atom. The van der Waals surface area contributed by atoms with Crippen molar-refractivity contribution in [2.75, 3.05) is 39.5 Å². The van der Waals surface area contributed by atoms with Crippen LogP contribution in [0.2, 0.25) is 0 Å². The van der Waals surface area contributed by atoms with E-state index in [4.69, 9.17) is 5.73 Å². The van der Waals surface area contributed by atoms with Crippen molar-refractivity contribution in [3.63, 3.8) is 0 Å². The highest BCUT2D eigenvalue weighted by Gasteiger charge is 2.52. The number of amides is 1. The molecule has 2 rings (SSSR count). The summed E-state index contributed by atoms with van der Waals surface area (Å²) in [6.45, 7) is 4.67. The van der Waals surface area contributed by atoms with Gasteiger partial charge in [-0.1, -0.05) is 19.1 Å². The number of likely N-dealkylation sites (N-methyl/N-ethyl adjacent to an activating group) is 1. The molecule has 1 aliphatic rings. The third-order valence-electron chi connectivity index (χ3n) is 4.22. The predicted octanol–water partition coefficient (Wildman–Crippen LogP) is 2.10. The van der Waals surface area contributed by atoms with E-state index in [1.165, 1.54) is 0 Å². The van der Waals surface area contributed by atoms with E-state index in [0.29, 0.717) is 0 Å². The van der Waals surface area contributed by atoms with Gasteiger partial charge in [-0.3, -0.25) is 4.79 Å². The highest BCUT2D eigenvalue weighted by atomic mass is 16.2. The minimum absolute atomic E-state index is 0.283. The summed E-state index contributed by atoms with van der Waals surface area (Å²) in [5.41, 5.74) is 7.34. The molecule has 0 spiro atoms. The zero-order chi connectivity index (χ0) is 15.5. The molecule has 1 aliphatic carbocycles. The Kier molecular flexibility index (Phi) is 4.88. The van der Waals surface area contributed by atoms with Gasteiger partial charge in [0.1, 0.15) is 0 Å². The van der Waals surface area contributed by atoms with Gasteiger partial charge in [0, 0.05) is 25.3 Å². The Morgan fingerprint density at radius 3 is 2.24 bits per heavy atom. The summed E-state index contributed by atoms with van der Waals surface area (Å²) in [6.07, 6.45) is 2.91. The van der Waals surface area contributed by atoms with Crippen LogP contribution in [0.1, 0.15) is 31.7 Å². The fourth-order valence-corrected chi connectivity index (χ4v) is 2.76. The van der Waals surface area contributed by atoms with Gasteiger partial charge in [-0.15, -0.1) is 0 Å². The largest absolute Gasteiger partial charge is 0.399 e. The van der Waals surface area contributed by atoms with E-state index in [1.807, 2.05) is 43.3 Å². The zero-order valence-electron chi connectivity index (χ0n) is 13.4. The molecule has 21 heavy (non-hydrogen) atoms. The number of carbonyl (C=O) groups excluding carboxylic acids is 1. The van der Waals surface area contributed by atoms with E-state index < -0.39 is 0 Å². The highest BCUT2D eigenvalue weighted by molar-refractivity contribution is 5.91. The lowest BCUT2D eigenvalue weighted by atomic mass is 9.94. The Morgan fingerprint density at radius 2 is 1.76 bits per heavy atom. The SMILES string of the molecule is CCCN(CCN(C)C)C(=O)C1(c2ccc(N)cc2)CC1. The van der Waals surface area contributed by atoms with Crippen LogP contribution in [0.5, 0.6) is 0 Å². The summed E-state index contributed by atoms with van der Waals surface area (Å²) in [4.78, 5) is 17.1. The lowest BCUT2D eigenvalue weighted by molar-refractivity contribution is -0.134. The first-order valence-corrected chi connectivity index (χ1v) is 7.80. The van der Waals surface area contributed by atoms with E-state index >= 15 is 0 Å². The molecule has 1 amide bonds. The molecule has 0 aliphatic heterocycles. The predicted molar refractivity (Wildman–Crippen MR) is 87.2 cm³/mol. The Labute approximate surface area is 127 Å². The maximum Gasteiger partial charge on any atom is 0.233 e. The van der Waals surface area contributed by atoms with Gasteiger partial charge in [-0.05, 0) is 51.1 Å². The number of rotatable bonds is 7. The van der Waals surface area contributed by atoms with Crippen molar-refractivity contribution in [2.24, 2.45) is 0 Å². The van der Waals surface area contributed by atoms with Crippen LogP contribution < -0.4 is 5.73 Å². The maximum absolute atomic E-state index is 13.0. The molecule has 0 radical (unpaired) electrons. The van der Waals surface area contributed by atoms with Gasteiger partial charge < -0.3 is 15.5 Å². The average Bonchev–Trinajstić information content (AvgIpc) is 3.25. The number of hydrogen-bond acceptors (Lipinski definition) is 3. The first kappa shape index (κ1) is 15.8. The van der Waals surface area contributed by atoms with Crippen LogP contribution in [0.3, 0.4) is 0 Å². The summed E-state index contributed by atoms with van der Waals surface area (Å²) < 4.78 is 0. The molecule has 4 nitrogen and oxygen atoms in total. The molecular weight excluding hydrogens is 262 g/mol. The smallest absolute Gasteiger partial charge is 0.233 e. The molecule has 0 unspecified atom stereocenters. The number of nitrogen functional groups attached to an aromatic ring is 1. The Balaban J connectivity index is 2.13. The minimum Gasteiger partial charge on any atom is -0.399 e. The summed E-state index contributed by atoms with van der Waals surface area (Å²) in [5, 5.41) is 0. The third kappa shape index (κ3) is 3.56. The quantitative estimate of drug-likeness (QED) is 0.782. The Hall–Kier alpha value is -1.55. The van der Waals surface area contributed by atoms with Crippen molar-refractivity contribution < 1.29 is 4.79 Å². The van der Waals surface area contributed by atoms with Crippen LogP contribution in [-0.2, 0) is 10.2 Å². The van der Waals surface area contributed by atoms with E-state index in [1.54, 1.807) is 0 Å². The molecular formula is C17H27N3O. The molecule has 0 aromatic heterocycles. The molecule has 1 fully saturated rings. The minimum atomic E-state index is -0.283. The second-order valence-corrected chi connectivity index (χ2v) is 6.30. The fourth-order valence-electron chi connectivity index (χ4n) is 2.76. The molecule has 0 heterocycles. The molecule has 2 N–H and O–H groups in total. The van der Waals surface area contributed by atoms with Crippen LogP contribution in [0.25, 0.3) is 0 Å². The second-order valence-electron chi connectivity index (χ2n) is 6.30. The molecule has 0 atom stereocenters. The lowest BCUT2D eigenvalue weighted by Gasteiger charge is -2.28. The van der Waals surface area contributed by atoms with E-state index in [9.17, 15) is 4.79 Å². The van der Waals surface area contributed by atoms with Gasteiger partial charge in [0.15, 0.2) is 0 Å². The first-order valence-electron chi connectivity index (χ1n) is 7.80. The molecule has 116 valence electrons. The van der Waals surface area contributed by atoms with Gasteiger partial charge in [0.25, 0.3) is 0 Å². The number of nitrogens with two attached hydrogens (primary N) is 1. The van der Waals surface area contributed by atoms with E-state index in [-0.39, 0.29) is 11.3 Å². The van der Waals surface area contributed by atoms with Gasteiger partial charge in [0.2, 0.25) is 5.91 Å². The number of nitrogens with zero attached hydrogens (tertiary/aromatic N) is 2. The number of benzene rings is 1. The summed E-state index contributed by atoms with van der Waals surface area (Å²) in [7, 11) is 4.09. The lowest BCUT2D eigenvalue weighted by Crippen LogP contribution is -2.43. The molecule has 4 heteroatoms. The van der Waals surface area contributed by atoms with E-state index in [0.717, 1.165) is 50.1 Å². The van der Waals surface area contributed by atoms with Gasteiger partial charge in [-0.2, -0.15) is 0 Å². The molecule has 1 saturated carbocycles. The van der Waals surface area contributed by atoms with Gasteiger partial charge in [0.05, 0.1) is 5.41 Å². The molecule has 0 bridgehead atoms. The van der Waals surface area contributed by atoms with Gasteiger partial charge >= 0.3 is 0 Å². The second kappa shape index (κ2) is 6.48. The molecule has 0 saturated heterocycles. The Bertz CT molecular complexity index is 477. The zero-order valence-corrected chi connectivity index (χ0v) is 13.4. The van der Waals surface area contributed by atoms with Crippen LogP contribution in [-0.4, -0.2) is 49.4 Å². The number of hydrogen-bond donors (Lipinski definition) is 1. The average molecular weight is 289 g/mol. The third-order valence-corrected chi connectivity index (χ3v) is 4.22. The van der Waals surface area contributed by atoms with Gasteiger partial charge in [-0.25, -0.2) is 0 Å². The topological polar surface area (TPSA) is 49.6 Å². The number of carbonyl (C=O) groups is 1. The van der Waals surface area contributed by atoms with Crippen LogP contribution >= 0.6 is 0 Å². The van der Waals surface area contributed by atoms with Crippen LogP contribution in [0.4, 0.5) is 5.69 Å². The normalized spacial score (nSPS) is 16.0. The summed E-state index contributed by atoms with van der Waals surface area (Å²) in [6, 6.07) is 7.81. The van der Waals surface area contributed by atoms with Crippen molar-refractivity contribution in [3.8, 4) is 0 Å². The first-order chi connectivity index (χ1) is 9.99. The maximum atomic E-state index is 13.0. The van der Waals surface area contributed by atoms with Crippen molar-refractivity contribution in [1.29, 1.82) is 0 Å². The standard InChI is InChI=1S/C17H27N3O/c1-4-11-20(13-12-19(2)3)16(21)17(9-10-17)14-5-7-15(18)8-6-14/h5-8H,4,9-13,18H2,1-3H3. The fraction of sp³-hybridized carbons (Fsp3) is 0.588. The molecule has 1 aromatic rings. The number of anilines is 1. The van der Waals surface area contributed by atoms with Crippen molar-refractivity contribution in [2.45, 2.75) is 31.6 Å².